The number of nitrogens with zero attached hydrogens (tertiary/aromatic N) is 2. The lowest BCUT2D eigenvalue weighted by Gasteiger charge is -2.25. The fourth-order valence-corrected chi connectivity index (χ4v) is 5.47. The minimum atomic E-state index is -0.747. The molecule has 0 fully saturated rings. The molecule has 0 saturated heterocycles. The molecule has 1 unspecified atom stereocenters. The van der Waals surface area contributed by atoms with Crippen molar-refractivity contribution in [1.82, 2.24) is 4.57 Å². The summed E-state index contributed by atoms with van der Waals surface area (Å²) < 4.78 is 24.7. The maximum absolute atomic E-state index is 13.9. The van der Waals surface area contributed by atoms with Crippen molar-refractivity contribution in [3.05, 3.63) is 84.5 Å². The zero-order chi connectivity index (χ0) is 27.9. The summed E-state index contributed by atoms with van der Waals surface area (Å²) >= 11 is 1.27. The van der Waals surface area contributed by atoms with Crippen LogP contribution in [-0.4, -0.2) is 37.5 Å². The lowest BCUT2D eigenvalue weighted by atomic mass is 9.95. The molecule has 2 aromatic carbocycles. The summed E-state index contributed by atoms with van der Waals surface area (Å²) in [5.41, 5.74) is 2.04. The van der Waals surface area contributed by atoms with E-state index >= 15 is 0 Å². The second kappa shape index (κ2) is 12.8. The first kappa shape index (κ1) is 28.2. The van der Waals surface area contributed by atoms with E-state index < -0.39 is 12.0 Å². The van der Waals surface area contributed by atoms with Gasteiger partial charge in [-0.2, -0.15) is 0 Å². The normalized spacial score (nSPS) is 15.0. The summed E-state index contributed by atoms with van der Waals surface area (Å²) in [6, 6.07) is 12.3. The average molecular weight is 551 g/mol. The van der Waals surface area contributed by atoms with Crippen LogP contribution in [0.5, 0.6) is 17.2 Å². The Morgan fingerprint density at radius 3 is 2.56 bits per heavy atom. The molecule has 0 saturated carbocycles. The Kier molecular flexibility index (Phi) is 9.24. The van der Waals surface area contributed by atoms with Gasteiger partial charge in [-0.25, -0.2) is 9.79 Å². The second-order valence-corrected chi connectivity index (χ2v) is 9.89. The molecule has 1 aromatic heterocycles. The number of rotatable bonds is 11. The van der Waals surface area contributed by atoms with Gasteiger partial charge in [-0.15, -0.1) is 0 Å². The smallest absolute Gasteiger partial charge is 0.338 e. The number of fused-ring (bicyclic) bond motifs is 1. The van der Waals surface area contributed by atoms with E-state index in [1.54, 1.807) is 31.6 Å². The third-order valence-electron chi connectivity index (χ3n) is 6.28. The highest BCUT2D eigenvalue weighted by molar-refractivity contribution is 7.07. The van der Waals surface area contributed by atoms with Gasteiger partial charge in [0.2, 0.25) is 0 Å². The Bertz CT molecular complexity index is 1550. The monoisotopic (exact) mass is 550 g/mol. The van der Waals surface area contributed by atoms with Crippen molar-refractivity contribution in [3.63, 3.8) is 0 Å². The van der Waals surface area contributed by atoms with Gasteiger partial charge in [-0.05, 0) is 57.0 Å². The molecule has 0 radical (unpaired) electrons. The second-order valence-electron chi connectivity index (χ2n) is 8.89. The summed E-state index contributed by atoms with van der Waals surface area (Å²) in [6.07, 6.45) is 3.74. The Morgan fingerprint density at radius 1 is 1.05 bits per heavy atom. The number of carbonyl (C=O) groups excluding carboxylic acids is 1. The van der Waals surface area contributed by atoms with Gasteiger partial charge in [0.25, 0.3) is 5.56 Å². The number of hydrogen-bond acceptors (Lipinski definition) is 8. The van der Waals surface area contributed by atoms with E-state index in [9.17, 15) is 9.59 Å². The minimum Gasteiger partial charge on any atom is -0.493 e. The van der Waals surface area contributed by atoms with Crippen molar-refractivity contribution in [2.75, 3.05) is 26.9 Å². The summed E-state index contributed by atoms with van der Waals surface area (Å²) in [5.74, 6) is 1.30. The van der Waals surface area contributed by atoms with Crippen molar-refractivity contribution in [2.24, 2.45) is 4.99 Å². The predicted molar refractivity (Wildman–Crippen MR) is 151 cm³/mol. The van der Waals surface area contributed by atoms with Crippen molar-refractivity contribution < 1.29 is 23.7 Å². The van der Waals surface area contributed by atoms with Gasteiger partial charge >= 0.3 is 5.97 Å². The number of esters is 1. The number of benzene rings is 2. The Morgan fingerprint density at radius 2 is 1.85 bits per heavy atom. The van der Waals surface area contributed by atoms with Crippen LogP contribution in [0.25, 0.3) is 6.08 Å². The van der Waals surface area contributed by atoms with E-state index in [0.717, 1.165) is 18.4 Å². The first-order valence-electron chi connectivity index (χ1n) is 13.2. The molecule has 1 aliphatic rings. The molecule has 9 heteroatoms. The van der Waals surface area contributed by atoms with Crippen molar-refractivity contribution in [3.8, 4) is 17.2 Å². The number of thiazole rings is 1. The van der Waals surface area contributed by atoms with Crippen LogP contribution in [0.4, 0.5) is 0 Å². The van der Waals surface area contributed by atoms with Gasteiger partial charge in [0.1, 0.15) is 5.75 Å². The zero-order valence-electron chi connectivity index (χ0n) is 23.0. The van der Waals surface area contributed by atoms with Crippen LogP contribution in [0.2, 0.25) is 0 Å². The number of methoxy groups -OCH3 is 1. The number of aromatic nitrogens is 1. The molecule has 206 valence electrons. The summed E-state index contributed by atoms with van der Waals surface area (Å²) in [4.78, 5) is 32.3. The molecule has 3 aromatic rings. The molecule has 0 amide bonds. The molecule has 2 heterocycles. The number of para-hydroxylation sites is 1. The third kappa shape index (κ3) is 5.93. The van der Waals surface area contributed by atoms with Crippen LogP contribution >= 0.6 is 11.3 Å². The van der Waals surface area contributed by atoms with Gasteiger partial charge in [-0.3, -0.25) is 9.36 Å². The number of ether oxygens (including phenoxy) is 4. The first-order valence-corrected chi connectivity index (χ1v) is 14.0. The maximum Gasteiger partial charge on any atom is 0.338 e. The quantitative estimate of drug-likeness (QED) is 0.260. The molecule has 4 rings (SSSR count). The Hall–Kier alpha value is -3.85. The first-order chi connectivity index (χ1) is 18.9. The molecule has 8 nitrogen and oxygen atoms in total. The van der Waals surface area contributed by atoms with E-state index in [4.69, 9.17) is 18.9 Å². The number of carbonyl (C=O) groups is 1. The van der Waals surface area contributed by atoms with Gasteiger partial charge < -0.3 is 18.9 Å². The Labute approximate surface area is 231 Å². The molecule has 1 atom stereocenters. The van der Waals surface area contributed by atoms with E-state index in [-0.39, 0.29) is 12.2 Å². The van der Waals surface area contributed by atoms with Crippen LogP contribution < -0.4 is 29.1 Å². The topological polar surface area (TPSA) is 88.4 Å². The average Bonchev–Trinajstić information content (AvgIpc) is 3.23. The maximum atomic E-state index is 13.9. The van der Waals surface area contributed by atoms with Crippen LogP contribution in [0.3, 0.4) is 0 Å². The molecular weight excluding hydrogens is 516 g/mol. The van der Waals surface area contributed by atoms with Crippen molar-refractivity contribution in [2.45, 2.75) is 46.6 Å². The summed E-state index contributed by atoms with van der Waals surface area (Å²) in [5, 5.41) is 0. The molecule has 0 bridgehead atoms. The van der Waals surface area contributed by atoms with Crippen LogP contribution in [0, 0.1) is 0 Å². The van der Waals surface area contributed by atoms with Gasteiger partial charge in [0.15, 0.2) is 16.3 Å². The zero-order valence-corrected chi connectivity index (χ0v) is 23.8. The standard InChI is InChI=1S/C30H34N2O6S/c1-6-9-16-38-23-15-14-21(17-24(23)35-5)27-26(29(34)37-8-3)19(4)31-30-32(27)28(33)25(39-30)18-20-12-10-11-13-22(20)36-7-2/h10-15,17-18,27H,6-9,16H2,1-5H3. The van der Waals surface area contributed by atoms with E-state index in [1.165, 1.54) is 11.3 Å². The SMILES string of the molecule is CCCCOc1ccc(C2C(C(=O)OCC)=C(C)N=c3sc(=Cc4ccccc4OCC)c(=O)n32)cc1OC. The highest BCUT2D eigenvalue weighted by atomic mass is 32.1. The van der Waals surface area contributed by atoms with Crippen molar-refractivity contribution in [1.29, 1.82) is 0 Å². The Balaban J connectivity index is 1.90. The molecule has 0 spiro atoms. The van der Waals surface area contributed by atoms with Crippen LogP contribution in [0.1, 0.15) is 57.7 Å². The molecule has 0 N–H and O–H groups in total. The van der Waals surface area contributed by atoms with E-state index in [2.05, 4.69) is 11.9 Å². The number of hydrogen-bond donors (Lipinski definition) is 0. The summed E-state index contributed by atoms with van der Waals surface area (Å²) in [6.45, 7) is 8.81. The van der Waals surface area contributed by atoms with Gasteiger partial charge in [0, 0.05) is 5.56 Å². The minimum absolute atomic E-state index is 0.203. The van der Waals surface area contributed by atoms with Crippen molar-refractivity contribution >= 4 is 23.4 Å². The number of allylic oxidation sites excluding steroid dienone is 1. The molecule has 0 aliphatic carbocycles. The highest BCUT2D eigenvalue weighted by Crippen LogP contribution is 2.36. The fraction of sp³-hybridized carbons (Fsp3) is 0.367. The molecule has 39 heavy (non-hydrogen) atoms. The molecule has 1 aliphatic heterocycles. The summed E-state index contributed by atoms with van der Waals surface area (Å²) in [7, 11) is 1.57. The number of unbranched alkanes of at least 4 members (excludes halogenated alkanes) is 1. The van der Waals surface area contributed by atoms with E-state index in [0.29, 0.717) is 56.6 Å². The fourth-order valence-electron chi connectivity index (χ4n) is 4.43. The van der Waals surface area contributed by atoms with E-state index in [1.807, 2.05) is 49.4 Å². The van der Waals surface area contributed by atoms with Gasteiger partial charge in [0.05, 0.1) is 48.8 Å². The lowest BCUT2D eigenvalue weighted by Crippen LogP contribution is -2.40. The highest BCUT2D eigenvalue weighted by Gasteiger charge is 2.34. The predicted octanol–water partition coefficient (Wildman–Crippen LogP) is 4.38. The largest absolute Gasteiger partial charge is 0.493 e. The van der Waals surface area contributed by atoms with Crippen LogP contribution in [-0.2, 0) is 9.53 Å². The third-order valence-corrected chi connectivity index (χ3v) is 7.26. The van der Waals surface area contributed by atoms with Crippen LogP contribution in [0.15, 0.2) is 63.5 Å². The lowest BCUT2D eigenvalue weighted by molar-refractivity contribution is -0.139. The molecular formula is C30H34N2O6S. The van der Waals surface area contributed by atoms with Gasteiger partial charge in [-0.1, -0.05) is 48.9 Å².